The Morgan fingerprint density at radius 2 is 1.81 bits per heavy atom. The Balaban J connectivity index is 0.00000400. The van der Waals surface area contributed by atoms with Crippen molar-refractivity contribution in [2.24, 2.45) is 16.9 Å². The van der Waals surface area contributed by atoms with Gasteiger partial charge in [0.1, 0.15) is 0 Å². The molecular weight excluding hydrogens is 290 g/mol. The summed E-state index contributed by atoms with van der Waals surface area (Å²) in [6.07, 6.45) is 7.92. The van der Waals surface area contributed by atoms with Gasteiger partial charge in [-0.25, -0.2) is 0 Å². The SMILES string of the molecule is CCCCN(CC(N)=O)C(=O)CC1(CN)CCCCC1.Cl. The van der Waals surface area contributed by atoms with Crippen LogP contribution in [0.25, 0.3) is 0 Å². The van der Waals surface area contributed by atoms with Crippen molar-refractivity contribution in [2.45, 2.75) is 58.3 Å². The molecule has 0 atom stereocenters. The zero-order valence-electron chi connectivity index (χ0n) is 13.1. The van der Waals surface area contributed by atoms with Crippen LogP contribution >= 0.6 is 12.4 Å². The maximum absolute atomic E-state index is 12.5. The van der Waals surface area contributed by atoms with Gasteiger partial charge in [-0.15, -0.1) is 12.4 Å². The molecule has 0 unspecified atom stereocenters. The molecule has 0 saturated heterocycles. The number of halogens is 1. The number of carbonyl (C=O) groups excluding carboxylic acids is 2. The second kappa shape index (κ2) is 10.0. The van der Waals surface area contributed by atoms with E-state index in [1.165, 1.54) is 6.42 Å². The first kappa shape index (κ1) is 20.2. The summed E-state index contributed by atoms with van der Waals surface area (Å²) < 4.78 is 0. The van der Waals surface area contributed by atoms with Crippen LogP contribution in [-0.4, -0.2) is 36.3 Å². The molecule has 21 heavy (non-hydrogen) atoms. The molecule has 1 rings (SSSR count). The largest absolute Gasteiger partial charge is 0.368 e. The third-order valence-corrected chi connectivity index (χ3v) is 4.35. The molecular formula is C15H30ClN3O2. The van der Waals surface area contributed by atoms with Crippen LogP contribution in [0.3, 0.4) is 0 Å². The van der Waals surface area contributed by atoms with Gasteiger partial charge in [-0.3, -0.25) is 9.59 Å². The van der Waals surface area contributed by atoms with Crippen LogP contribution in [0, 0.1) is 5.41 Å². The van der Waals surface area contributed by atoms with E-state index in [9.17, 15) is 9.59 Å². The van der Waals surface area contributed by atoms with E-state index in [0.717, 1.165) is 38.5 Å². The molecule has 0 bridgehead atoms. The number of nitrogens with zero attached hydrogens (tertiary/aromatic N) is 1. The Morgan fingerprint density at radius 3 is 2.29 bits per heavy atom. The van der Waals surface area contributed by atoms with Crippen molar-refractivity contribution in [2.75, 3.05) is 19.6 Å². The molecule has 1 aliphatic carbocycles. The number of unbranched alkanes of at least 4 members (excludes halogenated alkanes) is 1. The van der Waals surface area contributed by atoms with Crippen molar-refractivity contribution in [3.63, 3.8) is 0 Å². The van der Waals surface area contributed by atoms with Crippen molar-refractivity contribution in [3.05, 3.63) is 0 Å². The van der Waals surface area contributed by atoms with E-state index in [1.807, 2.05) is 0 Å². The first-order valence-electron chi connectivity index (χ1n) is 7.79. The molecule has 0 aromatic heterocycles. The molecule has 1 aliphatic rings. The van der Waals surface area contributed by atoms with E-state index >= 15 is 0 Å². The van der Waals surface area contributed by atoms with Gasteiger partial charge in [0.15, 0.2) is 0 Å². The Bertz CT molecular complexity index is 331. The molecule has 2 amide bonds. The van der Waals surface area contributed by atoms with Gasteiger partial charge in [0.05, 0.1) is 6.54 Å². The third kappa shape index (κ3) is 6.66. The monoisotopic (exact) mass is 319 g/mol. The van der Waals surface area contributed by atoms with Gasteiger partial charge in [-0.05, 0) is 31.2 Å². The average Bonchev–Trinajstić information content (AvgIpc) is 2.44. The van der Waals surface area contributed by atoms with Crippen LogP contribution in [0.5, 0.6) is 0 Å². The predicted molar refractivity (Wildman–Crippen MR) is 87.1 cm³/mol. The fraction of sp³-hybridized carbons (Fsp3) is 0.867. The summed E-state index contributed by atoms with van der Waals surface area (Å²) in [4.78, 5) is 25.2. The van der Waals surface area contributed by atoms with E-state index in [4.69, 9.17) is 11.5 Å². The summed E-state index contributed by atoms with van der Waals surface area (Å²) in [7, 11) is 0. The number of rotatable bonds is 8. The first-order valence-corrected chi connectivity index (χ1v) is 7.79. The molecule has 0 spiro atoms. The third-order valence-electron chi connectivity index (χ3n) is 4.35. The van der Waals surface area contributed by atoms with Crippen LogP contribution in [0.1, 0.15) is 58.3 Å². The lowest BCUT2D eigenvalue weighted by atomic mass is 9.71. The highest BCUT2D eigenvalue weighted by Gasteiger charge is 2.34. The van der Waals surface area contributed by atoms with Gasteiger partial charge >= 0.3 is 0 Å². The number of hydrogen-bond acceptors (Lipinski definition) is 3. The molecule has 4 N–H and O–H groups in total. The van der Waals surface area contributed by atoms with Crippen molar-refractivity contribution < 1.29 is 9.59 Å². The number of carbonyl (C=O) groups is 2. The van der Waals surface area contributed by atoms with Crippen molar-refractivity contribution in [3.8, 4) is 0 Å². The van der Waals surface area contributed by atoms with Gasteiger partial charge in [-0.2, -0.15) is 0 Å². The molecule has 0 radical (unpaired) electrons. The van der Waals surface area contributed by atoms with Gasteiger partial charge in [0, 0.05) is 13.0 Å². The summed E-state index contributed by atoms with van der Waals surface area (Å²) in [5, 5.41) is 0. The fourth-order valence-electron chi connectivity index (χ4n) is 3.02. The van der Waals surface area contributed by atoms with Gasteiger partial charge < -0.3 is 16.4 Å². The molecule has 5 nitrogen and oxygen atoms in total. The summed E-state index contributed by atoms with van der Waals surface area (Å²) in [5.41, 5.74) is 11.1. The summed E-state index contributed by atoms with van der Waals surface area (Å²) in [6, 6.07) is 0. The van der Waals surface area contributed by atoms with E-state index < -0.39 is 5.91 Å². The predicted octanol–water partition coefficient (Wildman–Crippen LogP) is 1.82. The normalized spacial score (nSPS) is 16.9. The van der Waals surface area contributed by atoms with Crippen LogP contribution < -0.4 is 11.5 Å². The highest BCUT2D eigenvalue weighted by atomic mass is 35.5. The lowest BCUT2D eigenvalue weighted by molar-refractivity contribution is -0.137. The van der Waals surface area contributed by atoms with Crippen LogP contribution in [-0.2, 0) is 9.59 Å². The minimum absolute atomic E-state index is 0. The van der Waals surface area contributed by atoms with Gasteiger partial charge in [0.2, 0.25) is 11.8 Å². The topological polar surface area (TPSA) is 89.4 Å². The minimum atomic E-state index is -0.445. The highest BCUT2D eigenvalue weighted by molar-refractivity contribution is 5.85. The average molecular weight is 320 g/mol. The number of nitrogens with two attached hydrogens (primary N) is 2. The maximum Gasteiger partial charge on any atom is 0.237 e. The van der Waals surface area contributed by atoms with Crippen LogP contribution in [0.4, 0.5) is 0 Å². The molecule has 0 aromatic rings. The fourth-order valence-corrected chi connectivity index (χ4v) is 3.02. The second-order valence-electron chi connectivity index (χ2n) is 6.08. The Hall–Kier alpha value is -0.810. The maximum atomic E-state index is 12.5. The molecule has 0 heterocycles. The molecule has 6 heteroatoms. The standard InChI is InChI=1S/C15H29N3O2.ClH/c1-2-3-9-18(11-13(17)19)14(20)10-15(12-16)7-5-4-6-8-15;/h2-12,16H2,1H3,(H2,17,19);1H. The molecule has 0 aliphatic heterocycles. The molecule has 1 fully saturated rings. The van der Waals surface area contributed by atoms with Crippen molar-refractivity contribution >= 4 is 24.2 Å². The van der Waals surface area contributed by atoms with Gasteiger partial charge in [0.25, 0.3) is 0 Å². The Kier molecular flexibility index (Phi) is 9.62. The summed E-state index contributed by atoms with van der Waals surface area (Å²) in [5.74, 6) is -0.413. The van der Waals surface area contributed by atoms with E-state index in [2.05, 4.69) is 6.92 Å². The molecule has 124 valence electrons. The summed E-state index contributed by atoms with van der Waals surface area (Å²) >= 11 is 0. The number of primary amides is 1. The summed E-state index contributed by atoms with van der Waals surface area (Å²) in [6.45, 7) is 3.25. The lowest BCUT2D eigenvalue weighted by Crippen LogP contribution is -2.43. The van der Waals surface area contributed by atoms with E-state index in [1.54, 1.807) is 4.90 Å². The Labute approximate surface area is 134 Å². The quantitative estimate of drug-likeness (QED) is 0.715. The zero-order chi connectivity index (χ0) is 15.0. The number of hydrogen-bond donors (Lipinski definition) is 2. The Morgan fingerprint density at radius 1 is 1.19 bits per heavy atom. The van der Waals surface area contributed by atoms with Crippen LogP contribution in [0.2, 0.25) is 0 Å². The van der Waals surface area contributed by atoms with Gasteiger partial charge in [-0.1, -0.05) is 32.6 Å². The van der Waals surface area contributed by atoms with Crippen molar-refractivity contribution in [1.29, 1.82) is 0 Å². The van der Waals surface area contributed by atoms with Crippen molar-refractivity contribution in [1.82, 2.24) is 4.90 Å². The molecule has 1 saturated carbocycles. The number of amides is 2. The minimum Gasteiger partial charge on any atom is -0.368 e. The molecule has 0 aromatic carbocycles. The van der Waals surface area contributed by atoms with Crippen LogP contribution in [0.15, 0.2) is 0 Å². The second-order valence-corrected chi connectivity index (χ2v) is 6.08. The zero-order valence-corrected chi connectivity index (χ0v) is 13.9. The smallest absolute Gasteiger partial charge is 0.237 e. The van der Waals surface area contributed by atoms with E-state index in [0.29, 0.717) is 19.5 Å². The highest BCUT2D eigenvalue weighted by Crippen LogP contribution is 2.38. The lowest BCUT2D eigenvalue weighted by Gasteiger charge is -2.37. The first-order chi connectivity index (χ1) is 9.53. The van der Waals surface area contributed by atoms with E-state index in [-0.39, 0.29) is 30.3 Å².